The van der Waals surface area contributed by atoms with Gasteiger partial charge in [-0.05, 0) is 56.0 Å². The van der Waals surface area contributed by atoms with Crippen LogP contribution in [-0.2, 0) is 11.2 Å². The van der Waals surface area contributed by atoms with Crippen molar-refractivity contribution in [2.24, 2.45) is 0 Å². The van der Waals surface area contributed by atoms with Crippen molar-refractivity contribution in [1.82, 2.24) is 14.8 Å². The predicted molar refractivity (Wildman–Crippen MR) is 108 cm³/mol. The second-order valence-corrected chi connectivity index (χ2v) is 7.98. The molecule has 2 saturated heterocycles. The van der Waals surface area contributed by atoms with Gasteiger partial charge in [0.2, 0.25) is 5.91 Å². The number of piperidine rings is 1. The van der Waals surface area contributed by atoms with Crippen molar-refractivity contribution in [2.75, 3.05) is 32.7 Å². The maximum Gasteiger partial charge on any atom is 0.236 e. The summed E-state index contributed by atoms with van der Waals surface area (Å²) in [6, 6.07) is 12.9. The molecule has 1 atom stereocenters. The Morgan fingerprint density at radius 1 is 1.04 bits per heavy atom. The standard InChI is InChI=1S/C23H28FN3O/c24-21-10-2-1-7-18(21)15-20-9-5-11-22(25-20)19-8-6-12-26(16-19)17-23(28)27-13-3-4-14-27/h1-2,5,7,9-11,19H,3-4,6,8,12-17H2/t19-/m0/s1. The summed E-state index contributed by atoms with van der Waals surface area (Å²) in [5.41, 5.74) is 2.63. The quantitative estimate of drug-likeness (QED) is 0.794. The summed E-state index contributed by atoms with van der Waals surface area (Å²) in [4.78, 5) is 21.6. The van der Waals surface area contributed by atoms with Crippen LogP contribution < -0.4 is 0 Å². The summed E-state index contributed by atoms with van der Waals surface area (Å²) in [6.45, 7) is 4.19. The van der Waals surface area contributed by atoms with Gasteiger partial charge in [0.1, 0.15) is 5.82 Å². The first-order chi connectivity index (χ1) is 13.7. The molecule has 0 N–H and O–H groups in total. The maximum absolute atomic E-state index is 14.0. The monoisotopic (exact) mass is 381 g/mol. The minimum Gasteiger partial charge on any atom is -0.342 e. The first-order valence-corrected chi connectivity index (χ1v) is 10.4. The van der Waals surface area contributed by atoms with E-state index < -0.39 is 0 Å². The number of nitrogens with zero attached hydrogens (tertiary/aromatic N) is 3. The first-order valence-electron chi connectivity index (χ1n) is 10.4. The van der Waals surface area contributed by atoms with Crippen LogP contribution in [0.3, 0.4) is 0 Å². The zero-order valence-electron chi connectivity index (χ0n) is 16.3. The van der Waals surface area contributed by atoms with Gasteiger partial charge in [0, 0.05) is 43.4 Å². The van der Waals surface area contributed by atoms with Crippen LogP contribution >= 0.6 is 0 Å². The summed E-state index contributed by atoms with van der Waals surface area (Å²) in [7, 11) is 0. The number of carbonyl (C=O) groups is 1. The lowest BCUT2D eigenvalue weighted by Gasteiger charge is -2.33. The molecule has 3 heterocycles. The summed E-state index contributed by atoms with van der Waals surface area (Å²) in [6.07, 6.45) is 4.94. The van der Waals surface area contributed by atoms with Crippen LogP contribution in [0.2, 0.25) is 0 Å². The second-order valence-electron chi connectivity index (χ2n) is 7.98. The molecular weight excluding hydrogens is 353 g/mol. The number of benzene rings is 1. The number of rotatable bonds is 5. The van der Waals surface area contributed by atoms with Gasteiger partial charge in [-0.3, -0.25) is 14.7 Å². The van der Waals surface area contributed by atoms with Gasteiger partial charge in [0.05, 0.1) is 6.54 Å². The number of amides is 1. The molecule has 1 aromatic carbocycles. The highest BCUT2D eigenvalue weighted by Gasteiger charge is 2.26. The van der Waals surface area contributed by atoms with Crippen molar-refractivity contribution in [2.45, 2.75) is 38.0 Å². The molecule has 28 heavy (non-hydrogen) atoms. The van der Waals surface area contributed by atoms with Crippen molar-refractivity contribution >= 4 is 5.91 Å². The maximum atomic E-state index is 14.0. The van der Waals surface area contributed by atoms with Gasteiger partial charge in [0.25, 0.3) is 0 Å². The Morgan fingerprint density at radius 2 is 1.86 bits per heavy atom. The smallest absolute Gasteiger partial charge is 0.236 e. The molecule has 4 rings (SSSR count). The molecule has 0 radical (unpaired) electrons. The number of hydrogen-bond acceptors (Lipinski definition) is 3. The fourth-order valence-corrected chi connectivity index (χ4v) is 4.36. The third kappa shape index (κ3) is 4.58. The van der Waals surface area contributed by atoms with Crippen LogP contribution in [-0.4, -0.2) is 53.4 Å². The van der Waals surface area contributed by atoms with E-state index in [1.807, 2.05) is 29.2 Å². The highest BCUT2D eigenvalue weighted by Crippen LogP contribution is 2.26. The van der Waals surface area contributed by atoms with Crippen LogP contribution in [0.15, 0.2) is 42.5 Å². The van der Waals surface area contributed by atoms with Gasteiger partial charge in [-0.1, -0.05) is 24.3 Å². The van der Waals surface area contributed by atoms with E-state index in [0.717, 1.165) is 63.3 Å². The average Bonchev–Trinajstić information content (AvgIpc) is 3.25. The number of aromatic nitrogens is 1. The van der Waals surface area contributed by atoms with Crippen LogP contribution in [0.5, 0.6) is 0 Å². The van der Waals surface area contributed by atoms with E-state index in [0.29, 0.717) is 24.4 Å². The normalized spacial score (nSPS) is 20.5. The molecule has 2 fully saturated rings. The zero-order chi connectivity index (χ0) is 19.3. The Balaban J connectivity index is 1.40. The van der Waals surface area contributed by atoms with Gasteiger partial charge in [-0.15, -0.1) is 0 Å². The van der Waals surface area contributed by atoms with E-state index in [1.165, 1.54) is 6.07 Å². The van der Waals surface area contributed by atoms with Gasteiger partial charge >= 0.3 is 0 Å². The van der Waals surface area contributed by atoms with E-state index in [1.54, 1.807) is 6.07 Å². The van der Waals surface area contributed by atoms with Crippen LogP contribution in [0.4, 0.5) is 4.39 Å². The number of halogens is 1. The van der Waals surface area contributed by atoms with E-state index in [9.17, 15) is 9.18 Å². The minimum atomic E-state index is -0.182. The molecule has 4 nitrogen and oxygen atoms in total. The van der Waals surface area contributed by atoms with Crippen LogP contribution in [0.25, 0.3) is 0 Å². The van der Waals surface area contributed by atoms with Crippen molar-refractivity contribution in [3.63, 3.8) is 0 Å². The Kier molecular flexibility index (Phi) is 6.01. The van der Waals surface area contributed by atoms with E-state index >= 15 is 0 Å². The molecular formula is C23H28FN3O. The molecule has 1 amide bonds. The SMILES string of the molecule is O=C(CN1CCC[C@H](c2cccc(Cc3ccccc3F)n2)C1)N1CCCC1. The Hall–Kier alpha value is -2.27. The fraction of sp³-hybridized carbons (Fsp3) is 0.478. The molecule has 2 aliphatic rings. The highest BCUT2D eigenvalue weighted by atomic mass is 19.1. The number of hydrogen-bond donors (Lipinski definition) is 0. The van der Waals surface area contributed by atoms with Crippen LogP contribution in [0.1, 0.15) is 48.6 Å². The molecule has 1 aromatic heterocycles. The summed E-state index contributed by atoms with van der Waals surface area (Å²) < 4.78 is 14.0. The number of likely N-dealkylation sites (tertiary alicyclic amines) is 2. The second kappa shape index (κ2) is 8.82. The number of pyridine rings is 1. The third-order valence-corrected chi connectivity index (χ3v) is 5.90. The van der Waals surface area contributed by atoms with Crippen molar-refractivity contribution in [3.8, 4) is 0 Å². The Labute approximate surface area is 166 Å². The molecule has 0 unspecified atom stereocenters. The summed E-state index contributed by atoms with van der Waals surface area (Å²) >= 11 is 0. The molecule has 0 bridgehead atoms. The van der Waals surface area contributed by atoms with Crippen molar-refractivity contribution < 1.29 is 9.18 Å². The molecule has 2 aromatic rings. The Morgan fingerprint density at radius 3 is 2.68 bits per heavy atom. The van der Waals surface area contributed by atoms with E-state index in [-0.39, 0.29) is 11.7 Å². The lowest BCUT2D eigenvalue weighted by Crippen LogP contribution is -2.43. The van der Waals surface area contributed by atoms with Gasteiger partial charge in [-0.2, -0.15) is 0 Å². The van der Waals surface area contributed by atoms with Crippen LogP contribution in [0, 0.1) is 5.82 Å². The van der Waals surface area contributed by atoms with Crippen molar-refractivity contribution in [3.05, 3.63) is 65.2 Å². The lowest BCUT2D eigenvalue weighted by atomic mass is 9.94. The molecule has 0 aliphatic carbocycles. The first kappa shape index (κ1) is 19.1. The molecule has 2 aliphatic heterocycles. The third-order valence-electron chi connectivity index (χ3n) is 5.90. The Bertz CT molecular complexity index is 819. The van der Waals surface area contributed by atoms with Gasteiger partial charge in [-0.25, -0.2) is 4.39 Å². The highest BCUT2D eigenvalue weighted by molar-refractivity contribution is 5.78. The molecule has 0 spiro atoms. The average molecular weight is 381 g/mol. The van der Waals surface area contributed by atoms with E-state index in [2.05, 4.69) is 11.0 Å². The predicted octanol–water partition coefficient (Wildman–Crippen LogP) is 3.61. The largest absolute Gasteiger partial charge is 0.342 e. The number of carbonyl (C=O) groups excluding carboxylic acids is 1. The van der Waals surface area contributed by atoms with E-state index in [4.69, 9.17) is 4.98 Å². The molecule has 0 saturated carbocycles. The van der Waals surface area contributed by atoms with Gasteiger partial charge in [0.15, 0.2) is 0 Å². The van der Waals surface area contributed by atoms with Crippen molar-refractivity contribution in [1.29, 1.82) is 0 Å². The van der Waals surface area contributed by atoms with Gasteiger partial charge < -0.3 is 4.90 Å². The summed E-state index contributed by atoms with van der Waals surface area (Å²) in [5, 5.41) is 0. The topological polar surface area (TPSA) is 36.4 Å². The summed E-state index contributed by atoms with van der Waals surface area (Å²) in [5.74, 6) is 0.416. The lowest BCUT2D eigenvalue weighted by molar-refractivity contribution is -0.131. The molecule has 5 heteroatoms. The molecule has 148 valence electrons. The zero-order valence-corrected chi connectivity index (χ0v) is 16.3. The minimum absolute atomic E-state index is 0.182. The fourth-order valence-electron chi connectivity index (χ4n) is 4.36.